The monoisotopic (exact) mass is 625 g/mol. The smallest absolute Gasteiger partial charge is 0.137 e. The van der Waals surface area contributed by atoms with E-state index in [1.807, 2.05) is 42.5 Å². The molecule has 4 aromatic heterocycles. The Balaban J connectivity index is 1.28. The lowest BCUT2D eigenvalue weighted by Gasteiger charge is -2.16. The molecule has 0 fully saturated rings. The zero-order valence-corrected chi connectivity index (χ0v) is 26.3. The van der Waals surface area contributed by atoms with E-state index in [4.69, 9.17) is 15.0 Å². The van der Waals surface area contributed by atoms with Crippen LogP contribution in [0, 0.1) is 0 Å². The molecule has 0 aliphatic rings. The zero-order chi connectivity index (χ0) is 32.3. The average molecular weight is 626 g/mol. The summed E-state index contributed by atoms with van der Waals surface area (Å²) in [5.41, 5.74) is 12.5. The van der Waals surface area contributed by atoms with Gasteiger partial charge in [0.05, 0.1) is 33.5 Å². The summed E-state index contributed by atoms with van der Waals surface area (Å²) in [6.07, 6.45) is 3.91. The Bertz CT molecular complexity index is 2860. The van der Waals surface area contributed by atoms with Crippen molar-refractivity contribution in [3.8, 4) is 44.9 Å². The number of aromatic nitrogens is 5. The van der Waals surface area contributed by atoms with E-state index >= 15 is 0 Å². The van der Waals surface area contributed by atoms with Crippen LogP contribution in [0.1, 0.15) is 0 Å². The summed E-state index contributed by atoms with van der Waals surface area (Å²) in [5, 5.41) is 4.68. The Kier molecular flexibility index (Phi) is 6.11. The van der Waals surface area contributed by atoms with E-state index in [2.05, 4.69) is 125 Å². The molecule has 0 aliphatic heterocycles. The minimum atomic E-state index is 0.761. The van der Waals surface area contributed by atoms with Crippen LogP contribution in [0.5, 0.6) is 0 Å². The van der Waals surface area contributed by atoms with Gasteiger partial charge in [-0.1, -0.05) is 109 Å². The molecule has 10 rings (SSSR count). The quantitative estimate of drug-likeness (QED) is 0.183. The highest BCUT2D eigenvalue weighted by Gasteiger charge is 2.19. The summed E-state index contributed by atoms with van der Waals surface area (Å²) in [6.45, 7) is 0. The largest absolute Gasteiger partial charge is 0.299 e. The average Bonchev–Trinajstić information content (AvgIpc) is 3.58. The summed E-state index contributed by atoms with van der Waals surface area (Å²) in [4.78, 5) is 20.3. The molecule has 0 saturated carbocycles. The van der Waals surface area contributed by atoms with E-state index in [1.54, 1.807) is 6.20 Å². The Morgan fingerprint density at radius 2 is 1.10 bits per heavy atom. The van der Waals surface area contributed by atoms with Gasteiger partial charge in [-0.2, -0.15) is 0 Å². The van der Waals surface area contributed by atoms with Crippen molar-refractivity contribution in [1.82, 2.24) is 24.3 Å². The second-order valence-electron chi connectivity index (χ2n) is 12.3. The maximum Gasteiger partial charge on any atom is 0.137 e. The Morgan fingerprint density at radius 1 is 0.429 bits per heavy atom. The third-order valence-electron chi connectivity index (χ3n) is 9.43. The second-order valence-corrected chi connectivity index (χ2v) is 12.3. The lowest BCUT2D eigenvalue weighted by molar-refractivity contribution is 1.23. The Hall–Kier alpha value is -6.72. The highest BCUT2D eigenvalue weighted by molar-refractivity contribution is 6.24. The van der Waals surface area contributed by atoms with E-state index < -0.39 is 0 Å². The predicted octanol–water partition coefficient (Wildman–Crippen LogP) is 10.8. The molecule has 0 unspecified atom stereocenters. The van der Waals surface area contributed by atoms with Gasteiger partial charge in [0.2, 0.25) is 0 Å². The molecule has 0 amide bonds. The normalized spacial score (nSPS) is 11.7. The van der Waals surface area contributed by atoms with Gasteiger partial charge in [-0.25, -0.2) is 15.0 Å². The molecule has 49 heavy (non-hydrogen) atoms. The lowest BCUT2D eigenvalue weighted by Crippen LogP contribution is -1.98. The Morgan fingerprint density at radius 3 is 1.88 bits per heavy atom. The molecule has 5 nitrogen and oxygen atoms in total. The van der Waals surface area contributed by atoms with Gasteiger partial charge in [-0.05, 0) is 75.5 Å². The van der Waals surface area contributed by atoms with E-state index in [0.29, 0.717) is 0 Å². The van der Waals surface area contributed by atoms with Gasteiger partial charge in [0, 0.05) is 28.7 Å². The van der Waals surface area contributed by atoms with Crippen molar-refractivity contribution in [3.05, 3.63) is 164 Å². The first-order valence-electron chi connectivity index (χ1n) is 16.4. The molecule has 4 heterocycles. The van der Waals surface area contributed by atoms with Crippen molar-refractivity contribution in [2.24, 2.45) is 0 Å². The first-order chi connectivity index (χ1) is 24.3. The van der Waals surface area contributed by atoms with Crippen LogP contribution in [0.4, 0.5) is 0 Å². The number of fused-ring (bicyclic) bond motifs is 9. The number of pyridine rings is 2. The zero-order valence-electron chi connectivity index (χ0n) is 26.3. The van der Waals surface area contributed by atoms with Crippen LogP contribution in [-0.2, 0) is 0 Å². The third-order valence-corrected chi connectivity index (χ3v) is 9.43. The van der Waals surface area contributed by atoms with Gasteiger partial charge in [0.25, 0.3) is 0 Å². The molecule has 5 heteroatoms. The standard InChI is InChI=1S/C44H27N5/c1-3-13-28(14-4-1)34-26-38-39(47-43(37-19-9-11-23-45-37)41(46-38)29-15-5-2-6-16-29)27-35(34)30-21-22-33-36(25-30)31-17-7-8-18-32(31)42-44(33)49-24-12-10-20-40(49)48-42/h1-27H. The number of nitrogens with zero attached hydrogens (tertiary/aromatic N) is 5. The molecule has 0 spiro atoms. The molecular formula is C44H27N5. The highest BCUT2D eigenvalue weighted by atomic mass is 15.0. The fourth-order valence-corrected chi connectivity index (χ4v) is 7.18. The molecule has 0 N–H and O–H groups in total. The van der Waals surface area contributed by atoms with E-state index in [1.165, 1.54) is 16.2 Å². The van der Waals surface area contributed by atoms with Gasteiger partial charge in [-0.3, -0.25) is 9.38 Å². The maximum absolute atomic E-state index is 5.29. The van der Waals surface area contributed by atoms with Gasteiger partial charge >= 0.3 is 0 Å². The van der Waals surface area contributed by atoms with Crippen molar-refractivity contribution >= 4 is 49.3 Å². The topological polar surface area (TPSA) is 56.0 Å². The maximum atomic E-state index is 5.29. The van der Waals surface area contributed by atoms with Crippen LogP contribution in [0.25, 0.3) is 94.2 Å². The first kappa shape index (κ1) is 27.4. The summed E-state index contributed by atoms with van der Waals surface area (Å²) < 4.78 is 2.20. The second kappa shape index (κ2) is 10.9. The molecule has 0 saturated heterocycles. The summed E-state index contributed by atoms with van der Waals surface area (Å²) in [6, 6.07) is 52.7. The minimum absolute atomic E-state index is 0.761. The van der Waals surface area contributed by atoms with Crippen molar-refractivity contribution in [2.75, 3.05) is 0 Å². The van der Waals surface area contributed by atoms with Gasteiger partial charge < -0.3 is 0 Å². The fourth-order valence-electron chi connectivity index (χ4n) is 7.18. The lowest BCUT2D eigenvalue weighted by atomic mass is 9.91. The summed E-state index contributed by atoms with van der Waals surface area (Å²) >= 11 is 0. The Labute approximate surface area is 281 Å². The van der Waals surface area contributed by atoms with Crippen LogP contribution < -0.4 is 0 Å². The molecule has 0 aliphatic carbocycles. The molecular weight excluding hydrogens is 599 g/mol. The number of hydrogen-bond donors (Lipinski definition) is 0. The molecule has 6 aromatic carbocycles. The first-order valence-corrected chi connectivity index (χ1v) is 16.4. The SMILES string of the molecule is c1ccc(-c2cc3nc(-c4ccccc4)c(-c4ccccn4)nc3cc2-c2ccc3c(c2)c2ccccc2c2nc4ccccn4c32)cc1. The molecule has 0 atom stereocenters. The van der Waals surface area contributed by atoms with Crippen LogP contribution >= 0.6 is 0 Å². The van der Waals surface area contributed by atoms with Crippen LogP contribution in [0.3, 0.4) is 0 Å². The van der Waals surface area contributed by atoms with Crippen molar-refractivity contribution in [3.63, 3.8) is 0 Å². The highest BCUT2D eigenvalue weighted by Crippen LogP contribution is 2.41. The van der Waals surface area contributed by atoms with Crippen LogP contribution in [0.2, 0.25) is 0 Å². The van der Waals surface area contributed by atoms with E-state index in [0.717, 1.165) is 78.0 Å². The summed E-state index contributed by atoms with van der Waals surface area (Å²) in [7, 11) is 0. The molecule has 0 bridgehead atoms. The number of rotatable bonds is 4. The molecule has 10 aromatic rings. The molecule has 228 valence electrons. The van der Waals surface area contributed by atoms with Gasteiger partial charge in [0.1, 0.15) is 11.3 Å². The number of hydrogen-bond acceptors (Lipinski definition) is 4. The summed E-state index contributed by atoms with van der Waals surface area (Å²) in [5.74, 6) is 0. The van der Waals surface area contributed by atoms with Crippen molar-refractivity contribution in [1.29, 1.82) is 0 Å². The van der Waals surface area contributed by atoms with E-state index in [9.17, 15) is 0 Å². The number of imidazole rings is 1. The third kappa shape index (κ3) is 4.40. The van der Waals surface area contributed by atoms with Crippen molar-refractivity contribution < 1.29 is 0 Å². The van der Waals surface area contributed by atoms with Crippen molar-refractivity contribution in [2.45, 2.75) is 0 Å². The van der Waals surface area contributed by atoms with Gasteiger partial charge in [-0.15, -0.1) is 0 Å². The predicted molar refractivity (Wildman–Crippen MR) is 200 cm³/mol. The van der Waals surface area contributed by atoms with Crippen LogP contribution in [0.15, 0.2) is 164 Å². The fraction of sp³-hybridized carbons (Fsp3) is 0. The van der Waals surface area contributed by atoms with Crippen LogP contribution in [-0.4, -0.2) is 24.3 Å². The molecule has 0 radical (unpaired) electrons. The van der Waals surface area contributed by atoms with E-state index in [-0.39, 0.29) is 0 Å². The number of benzene rings is 6. The van der Waals surface area contributed by atoms with Gasteiger partial charge in [0.15, 0.2) is 0 Å². The minimum Gasteiger partial charge on any atom is -0.299 e.